The first-order chi connectivity index (χ1) is 16.0. The van der Waals surface area contributed by atoms with E-state index in [-0.39, 0.29) is 30.0 Å². The Morgan fingerprint density at radius 1 is 1.03 bits per heavy atom. The largest absolute Gasteiger partial charge is 0.342 e. The van der Waals surface area contributed by atoms with Gasteiger partial charge < -0.3 is 10.2 Å². The Kier molecular flexibility index (Phi) is 5.67. The van der Waals surface area contributed by atoms with Crippen LogP contribution in [0, 0.1) is 12.7 Å². The van der Waals surface area contributed by atoms with Crippen molar-refractivity contribution in [3.05, 3.63) is 83.4 Å². The number of pyridine rings is 1. The Morgan fingerprint density at radius 3 is 2.52 bits per heavy atom. The molecule has 2 aliphatic rings. The number of aromatic nitrogens is 1. The zero-order valence-electron chi connectivity index (χ0n) is 18.6. The second-order valence-corrected chi connectivity index (χ2v) is 8.92. The van der Waals surface area contributed by atoms with Crippen LogP contribution >= 0.6 is 0 Å². The number of hydrogen-bond acceptors (Lipinski definition) is 3. The summed E-state index contributed by atoms with van der Waals surface area (Å²) in [4.78, 5) is 32.1. The van der Waals surface area contributed by atoms with Gasteiger partial charge in [-0.05, 0) is 66.8 Å². The fourth-order valence-corrected chi connectivity index (χ4v) is 4.96. The van der Waals surface area contributed by atoms with Crippen molar-refractivity contribution in [2.45, 2.75) is 38.0 Å². The van der Waals surface area contributed by atoms with Crippen molar-refractivity contribution in [2.24, 2.45) is 0 Å². The number of para-hydroxylation sites is 1. The molecule has 0 bridgehead atoms. The van der Waals surface area contributed by atoms with Crippen LogP contribution in [-0.2, 0) is 9.59 Å². The van der Waals surface area contributed by atoms with E-state index in [1.54, 1.807) is 12.1 Å². The lowest BCUT2D eigenvalue weighted by Gasteiger charge is -2.35. The smallest absolute Gasteiger partial charge is 0.230 e. The lowest BCUT2D eigenvalue weighted by atomic mass is 9.87. The summed E-state index contributed by atoms with van der Waals surface area (Å²) in [6.45, 7) is 3.26. The molecule has 2 amide bonds. The molecule has 3 heterocycles. The Bertz CT molecular complexity index is 1200. The molecule has 5 rings (SSSR count). The summed E-state index contributed by atoms with van der Waals surface area (Å²) in [6.07, 6.45) is 1.84. The van der Waals surface area contributed by atoms with Gasteiger partial charge in [0.25, 0.3) is 0 Å². The second-order valence-electron chi connectivity index (χ2n) is 8.92. The first-order valence-corrected chi connectivity index (χ1v) is 11.4. The average Bonchev–Trinajstić information content (AvgIpc) is 2.83. The van der Waals surface area contributed by atoms with Gasteiger partial charge in [-0.15, -0.1) is 0 Å². The normalized spacial score (nSPS) is 18.5. The van der Waals surface area contributed by atoms with Gasteiger partial charge in [-0.2, -0.15) is 0 Å². The van der Waals surface area contributed by atoms with Crippen molar-refractivity contribution in [1.29, 1.82) is 0 Å². The van der Waals surface area contributed by atoms with E-state index in [1.165, 1.54) is 12.1 Å². The van der Waals surface area contributed by atoms with Crippen LogP contribution < -0.4 is 5.32 Å². The number of piperidine rings is 1. The number of carbonyl (C=O) groups excluding carboxylic acids is 2. The van der Waals surface area contributed by atoms with Crippen molar-refractivity contribution in [3.63, 3.8) is 0 Å². The Morgan fingerprint density at radius 2 is 1.76 bits per heavy atom. The third kappa shape index (κ3) is 4.38. The van der Waals surface area contributed by atoms with Crippen LogP contribution in [0.25, 0.3) is 11.1 Å². The lowest BCUT2D eigenvalue weighted by molar-refractivity contribution is -0.135. The van der Waals surface area contributed by atoms with E-state index in [4.69, 9.17) is 4.98 Å². The zero-order chi connectivity index (χ0) is 22.9. The van der Waals surface area contributed by atoms with Crippen LogP contribution in [-0.4, -0.2) is 34.8 Å². The second kappa shape index (κ2) is 8.77. The fraction of sp³-hybridized carbons (Fsp3) is 0.296. The van der Waals surface area contributed by atoms with Gasteiger partial charge in [-0.25, -0.2) is 4.39 Å². The lowest BCUT2D eigenvalue weighted by Crippen LogP contribution is -2.42. The van der Waals surface area contributed by atoms with Crippen LogP contribution in [0.1, 0.15) is 48.0 Å². The quantitative estimate of drug-likeness (QED) is 0.618. The molecule has 0 radical (unpaired) electrons. The molecule has 3 aromatic rings. The highest BCUT2D eigenvalue weighted by atomic mass is 19.1. The van der Waals surface area contributed by atoms with E-state index >= 15 is 0 Å². The summed E-state index contributed by atoms with van der Waals surface area (Å²) in [6, 6.07) is 18.2. The molecule has 0 unspecified atom stereocenters. The van der Waals surface area contributed by atoms with Crippen LogP contribution in [0.2, 0.25) is 0 Å². The van der Waals surface area contributed by atoms with Gasteiger partial charge in [0.05, 0.1) is 5.92 Å². The molecule has 1 aromatic heterocycles. The summed E-state index contributed by atoms with van der Waals surface area (Å²) in [5.41, 5.74) is 5.57. The molecule has 5 nitrogen and oxygen atoms in total. The molecular formula is C27H26FN3O2. The Labute approximate surface area is 192 Å². The zero-order valence-corrected chi connectivity index (χ0v) is 18.6. The highest BCUT2D eigenvalue weighted by Crippen LogP contribution is 2.36. The molecule has 168 valence electrons. The van der Waals surface area contributed by atoms with Gasteiger partial charge in [0.2, 0.25) is 11.8 Å². The molecule has 1 saturated heterocycles. The minimum Gasteiger partial charge on any atom is -0.342 e. The van der Waals surface area contributed by atoms with Gasteiger partial charge >= 0.3 is 0 Å². The van der Waals surface area contributed by atoms with Crippen LogP contribution in [0.3, 0.4) is 0 Å². The van der Waals surface area contributed by atoms with Gasteiger partial charge in [0.15, 0.2) is 0 Å². The Hall–Kier alpha value is -3.54. The SMILES string of the molecule is Cc1cc(-c2ccc(F)cc2)cc(C2CCN(C(=O)[C@@H]3CC(=O)Nc4ccccc43)CC2)n1. The molecular weight excluding hydrogens is 417 g/mol. The number of rotatable bonds is 3. The minimum absolute atomic E-state index is 0.0277. The number of halogens is 1. The highest BCUT2D eigenvalue weighted by molar-refractivity contribution is 6.01. The van der Waals surface area contributed by atoms with E-state index < -0.39 is 5.92 Å². The van der Waals surface area contributed by atoms with E-state index in [1.807, 2.05) is 42.2 Å². The third-order valence-corrected chi connectivity index (χ3v) is 6.67. The number of fused-ring (bicyclic) bond motifs is 1. The molecule has 33 heavy (non-hydrogen) atoms. The number of anilines is 1. The van der Waals surface area contributed by atoms with E-state index in [2.05, 4.69) is 11.4 Å². The average molecular weight is 444 g/mol. The van der Waals surface area contributed by atoms with Gasteiger partial charge in [0, 0.05) is 42.5 Å². The van der Waals surface area contributed by atoms with Crippen molar-refractivity contribution in [3.8, 4) is 11.1 Å². The van der Waals surface area contributed by atoms with Gasteiger partial charge in [-0.1, -0.05) is 30.3 Å². The molecule has 6 heteroatoms. The number of nitrogens with zero attached hydrogens (tertiary/aromatic N) is 2. The van der Waals surface area contributed by atoms with Crippen LogP contribution in [0.4, 0.5) is 10.1 Å². The third-order valence-electron chi connectivity index (χ3n) is 6.67. The van der Waals surface area contributed by atoms with Crippen molar-refractivity contribution >= 4 is 17.5 Å². The maximum Gasteiger partial charge on any atom is 0.230 e. The molecule has 0 aliphatic carbocycles. The summed E-state index contributed by atoms with van der Waals surface area (Å²) >= 11 is 0. The summed E-state index contributed by atoms with van der Waals surface area (Å²) in [7, 11) is 0. The summed E-state index contributed by atoms with van der Waals surface area (Å²) < 4.78 is 13.3. The Balaban J connectivity index is 1.30. The van der Waals surface area contributed by atoms with Crippen LogP contribution in [0.5, 0.6) is 0 Å². The maximum absolute atomic E-state index is 13.3. The predicted molar refractivity (Wildman–Crippen MR) is 125 cm³/mol. The minimum atomic E-state index is -0.423. The predicted octanol–water partition coefficient (Wildman–Crippen LogP) is 5.03. The first kappa shape index (κ1) is 21.3. The topological polar surface area (TPSA) is 62.3 Å². The number of amides is 2. The van der Waals surface area contributed by atoms with Crippen molar-refractivity contribution in [1.82, 2.24) is 9.88 Å². The molecule has 1 N–H and O–H groups in total. The summed E-state index contributed by atoms with van der Waals surface area (Å²) in [5.74, 6) is -0.497. The molecule has 2 aliphatic heterocycles. The molecule has 0 spiro atoms. The monoisotopic (exact) mass is 443 g/mol. The first-order valence-electron chi connectivity index (χ1n) is 11.4. The number of likely N-dealkylation sites (tertiary alicyclic amines) is 1. The number of benzene rings is 2. The fourth-order valence-electron chi connectivity index (χ4n) is 4.96. The van der Waals surface area contributed by atoms with Gasteiger partial charge in [-0.3, -0.25) is 14.6 Å². The van der Waals surface area contributed by atoms with Crippen molar-refractivity contribution < 1.29 is 14.0 Å². The molecule has 0 saturated carbocycles. The standard InChI is InChI=1S/C27H26FN3O2/c1-17-14-20(18-6-8-21(28)9-7-18)15-25(29-17)19-10-12-31(13-11-19)27(33)23-16-26(32)30-24-5-3-2-4-22(23)24/h2-9,14-15,19,23H,10-13,16H2,1H3,(H,30,32)/t23-/m1/s1. The number of nitrogens with one attached hydrogen (secondary N) is 1. The van der Waals surface area contributed by atoms with E-state index in [0.29, 0.717) is 13.1 Å². The molecule has 2 aromatic carbocycles. The number of carbonyl (C=O) groups is 2. The van der Waals surface area contributed by atoms with E-state index in [9.17, 15) is 14.0 Å². The van der Waals surface area contributed by atoms with E-state index in [0.717, 1.165) is 46.6 Å². The number of hydrogen-bond donors (Lipinski definition) is 1. The van der Waals surface area contributed by atoms with Crippen LogP contribution in [0.15, 0.2) is 60.7 Å². The molecule has 1 atom stereocenters. The highest BCUT2D eigenvalue weighted by Gasteiger charge is 2.35. The maximum atomic E-state index is 13.3. The summed E-state index contributed by atoms with van der Waals surface area (Å²) in [5, 5.41) is 2.86. The molecule has 1 fully saturated rings. The number of aryl methyl sites for hydroxylation is 1. The van der Waals surface area contributed by atoms with Gasteiger partial charge in [0.1, 0.15) is 5.82 Å². The van der Waals surface area contributed by atoms with Crippen molar-refractivity contribution in [2.75, 3.05) is 18.4 Å².